The highest BCUT2D eigenvalue weighted by Gasteiger charge is 2.23. The summed E-state index contributed by atoms with van der Waals surface area (Å²) in [5, 5.41) is 3.36. The minimum Gasteiger partial charge on any atom is -0.454 e. The third kappa shape index (κ3) is 5.06. The molecule has 0 amide bonds. The minimum atomic E-state index is -0.739. The number of hydrogen-bond donors (Lipinski definition) is 1. The van der Waals surface area contributed by atoms with Crippen LogP contribution in [0.25, 0.3) is 0 Å². The van der Waals surface area contributed by atoms with Crippen molar-refractivity contribution in [3.05, 3.63) is 95.6 Å². The number of carbonyl (C=O) groups is 1. The van der Waals surface area contributed by atoms with E-state index in [2.05, 4.69) is 5.32 Å². The molecule has 30 heavy (non-hydrogen) atoms. The van der Waals surface area contributed by atoms with E-state index >= 15 is 0 Å². The lowest BCUT2D eigenvalue weighted by Gasteiger charge is -2.23. The second kappa shape index (κ2) is 9.57. The van der Waals surface area contributed by atoms with E-state index in [1.807, 2.05) is 85.8 Å². The Morgan fingerprint density at radius 2 is 1.63 bits per heavy atom. The van der Waals surface area contributed by atoms with Gasteiger partial charge in [0.05, 0.1) is 6.61 Å². The highest BCUT2D eigenvalue weighted by molar-refractivity contribution is 5.99. The van der Waals surface area contributed by atoms with Crippen molar-refractivity contribution in [3.63, 3.8) is 0 Å². The van der Waals surface area contributed by atoms with Crippen LogP contribution in [-0.4, -0.2) is 24.8 Å². The fraction of sp³-hybridized carbons (Fsp3) is 0.240. The second-order valence-electron chi connectivity index (χ2n) is 7.37. The molecule has 1 N–H and O–H groups in total. The van der Waals surface area contributed by atoms with Crippen molar-refractivity contribution in [1.82, 2.24) is 5.32 Å². The predicted octanol–water partition coefficient (Wildman–Crippen LogP) is 4.36. The third-order valence-electron chi connectivity index (χ3n) is 4.97. The average molecular weight is 403 g/mol. The van der Waals surface area contributed by atoms with Crippen LogP contribution in [0, 0.1) is 0 Å². The van der Waals surface area contributed by atoms with Gasteiger partial charge in [-0.3, -0.25) is 10.1 Å². The van der Waals surface area contributed by atoms with Gasteiger partial charge in [0.2, 0.25) is 12.6 Å². The Kier molecular flexibility index (Phi) is 6.42. The summed E-state index contributed by atoms with van der Waals surface area (Å²) >= 11 is 0. The molecule has 5 nitrogen and oxygen atoms in total. The van der Waals surface area contributed by atoms with Crippen molar-refractivity contribution < 1.29 is 19.0 Å². The van der Waals surface area contributed by atoms with Crippen LogP contribution in [0.15, 0.2) is 78.9 Å². The van der Waals surface area contributed by atoms with Crippen LogP contribution in [-0.2, 0) is 17.8 Å². The summed E-state index contributed by atoms with van der Waals surface area (Å²) in [5.74, 6) is 1.45. The van der Waals surface area contributed by atoms with E-state index in [1.54, 1.807) is 0 Å². The highest BCUT2D eigenvalue weighted by Crippen LogP contribution is 2.32. The van der Waals surface area contributed by atoms with Crippen LogP contribution < -0.4 is 14.8 Å². The van der Waals surface area contributed by atoms with Gasteiger partial charge in [-0.25, -0.2) is 0 Å². The molecule has 0 spiro atoms. The molecule has 4 rings (SSSR count). The Hall–Kier alpha value is -3.15. The molecular formula is C25H25NO4. The van der Waals surface area contributed by atoms with E-state index in [4.69, 9.17) is 14.2 Å². The van der Waals surface area contributed by atoms with Crippen molar-refractivity contribution in [2.75, 3.05) is 6.79 Å². The Bertz CT molecular complexity index is 975. The van der Waals surface area contributed by atoms with Gasteiger partial charge in [0.25, 0.3) is 0 Å². The zero-order chi connectivity index (χ0) is 20.8. The molecule has 1 aliphatic heterocycles. The first kappa shape index (κ1) is 20.1. The topological polar surface area (TPSA) is 56.8 Å². The van der Waals surface area contributed by atoms with Crippen LogP contribution in [0.5, 0.6) is 11.5 Å². The number of rotatable bonds is 9. The van der Waals surface area contributed by atoms with Gasteiger partial charge in [-0.15, -0.1) is 0 Å². The summed E-state index contributed by atoms with van der Waals surface area (Å²) in [6.07, 6.45) is -0.0131. The zero-order valence-electron chi connectivity index (χ0n) is 16.9. The largest absolute Gasteiger partial charge is 0.454 e. The molecule has 3 aromatic carbocycles. The normalized spacial score (nSPS) is 14.3. The van der Waals surface area contributed by atoms with Gasteiger partial charge in [-0.2, -0.15) is 0 Å². The summed E-state index contributed by atoms with van der Waals surface area (Å²) < 4.78 is 16.9. The number of Topliss-reactive ketones (excluding diaryl/α,β-unsaturated/α-hetero) is 1. The summed E-state index contributed by atoms with van der Waals surface area (Å²) in [4.78, 5) is 13.1. The van der Waals surface area contributed by atoms with Gasteiger partial charge in [0.1, 0.15) is 0 Å². The molecule has 0 fully saturated rings. The number of carbonyl (C=O) groups excluding carboxylic acids is 1. The van der Waals surface area contributed by atoms with Crippen molar-refractivity contribution in [2.24, 2.45) is 0 Å². The first-order chi connectivity index (χ1) is 14.7. The molecule has 0 radical (unpaired) electrons. The number of benzene rings is 3. The van der Waals surface area contributed by atoms with E-state index < -0.39 is 6.23 Å². The lowest BCUT2D eigenvalue weighted by Crippen LogP contribution is -2.44. The van der Waals surface area contributed by atoms with Gasteiger partial charge in [0, 0.05) is 11.6 Å². The summed E-state index contributed by atoms with van der Waals surface area (Å²) in [6, 6.07) is 25.0. The zero-order valence-corrected chi connectivity index (χ0v) is 16.9. The average Bonchev–Trinajstić information content (AvgIpc) is 3.25. The molecule has 1 heterocycles. The molecule has 2 atom stereocenters. The van der Waals surface area contributed by atoms with Crippen molar-refractivity contribution in [1.29, 1.82) is 0 Å². The third-order valence-corrected chi connectivity index (χ3v) is 4.97. The number of ketones is 1. The van der Waals surface area contributed by atoms with Crippen LogP contribution in [0.1, 0.15) is 28.4 Å². The molecule has 5 heteroatoms. The summed E-state index contributed by atoms with van der Waals surface area (Å²) in [6.45, 7) is 2.66. The van der Waals surface area contributed by atoms with Crippen LogP contribution in [0.3, 0.4) is 0 Å². The molecule has 0 saturated heterocycles. The first-order valence-electron chi connectivity index (χ1n) is 10.1. The molecule has 2 unspecified atom stereocenters. The summed E-state index contributed by atoms with van der Waals surface area (Å²) in [7, 11) is 0. The van der Waals surface area contributed by atoms with Crippen LogP contribution >= 0.6 is 0 Å². The van der Waals surface area contributed by atoms with Crippen LogP contribution in [0.4, 0.5) is 0 Å². The maximum absolute atomic E-state index is 13.1. The van der Waals surface area contributed by atoms with E-state index in [9.17, 15) is 4.79 Å². The molecule has 0 bridgehead atoms. The van der Waals surface area contributed by atoms with Crippen molar-refractivity contribution >= 4 is 5.78 Å². The summed E-state index contributed by atoms with van der Waals surface area (Å²) in [5.41, 5.74) is 2.75. The lowest BCUT2D eigenvalue weighted by atomic mass is 10.0. The molecule has 3 aromatic rings. The van der Waals surface area contributed by atoms with Gasteiger partial charge >= 0.3 is 0 Å². The number of nitrogens with one attached hydrogen (secondary N) is 1. The molecular weight excluding hydrogens is 378 g/mol. The van der Waals surface area contributed by atoms with Gasteiger partial charge in [-0.05, 0) is 36.6 Å². The Morgan fingerprint density at radius 3 is 2.40 bits per heavy atom. The quantitative estimate of drug-likeness (QED) is 0.425. The number of fused-ring (bicyclic) bond motifs is 1. The Labute approximate surface area is 176 Å². The van der Waals surface area contributed by atoms with E-state index in [0.29, 0.717) is 12.2 Å². The van der Waals surface area contributed by atoms with Crippen molar-refractivity contribution in [3.8, 4) is 11.5 Å². The van der Waals surface area contributed by atoms with E-state index in [0.717, 1.165) is 29.0 Å². The maximum atomic E-state index is 13.1. The second-order valence-corrected chi connectivity index (χ2v) is 7.37. The smallest absolute Gasteiger partial charge is 0.231 e. The fourth-order valence-corrected chi connectivity index (χ4v) is 3.45. The molecule has 154 valence electrons. The van der Waals surface area contributed by atoms with Crippen LogP contribution in [0.2, 0.25) is 0 Å². The maximum Gasteiger partial charge on any atom is 0.231 e. The van der Waals surface area contributed by atoms with E-state index in [-0.39, 0.29) is 18.6 Å². The standard InChI is InChI=1S/C25H25NO4/c1-18(14-20-12-13-22-23(15-20)30-17-29-22)26-25(24(27)21-10-6-3-7-11-21)28-16-19-8-4-2-5-9-19/h2-13,15,18,25-26H,14,16-17H2,1H3. The number of hydrogen-bond acceptors (Lipinski definition) is 5. The Balaban J connectivity index is 1.44. The number of ether oxygens (including phenoxy) is 3. The predicted molar refractivity (Wildman–Crippen MR) is 115 cm³/mol. The van der Waals surface area contributed by atoms with Gasteiger partial charge < -0.3 is 14.2 Å². The lowest BCUT2D eigenvalue weighted by molar-refractivity contribution is 0.0150. The SMILES string of the molecule is CC(Cc1ccc2c(c1)OCO2)NC(OCc1ccccc1)C(=O)c1ccccc1. The van der Waals surface area contributed by atoms with Gasteiger partial charge in [-0.1, -0.05) is 66.7 Å². The van der Waals surface area contributed by atoms with E-state index in [1.165, 1.54) is 0 Å². The fourth-order valence-electron chi connectivity index (χ4n) is 3.45. The van der Waals surface area contributed by atoms with Gasteiger partial charge in [0.15, 0.2) is 17.7 Å². The monoisotopic (exact) mass is 403 g/mol. The minimum absolute atomic E-state index is 0.0128. The Morgan fingerprint density at radius 1 is 0.933 bits per heavy atom. The molecule has 0 aromatic heterocycles. The molecule has 0 saturated carbocycles. The highest BCUT2D eigenvalue weighted by atomic mass is 16.7. The molecule has 1 aliphatic rings. The van der Waals surface area contributed by atoms with Crippen molar-refractivity contribution in [2.45, 2.75) is 32.2 Å². The molecule has 0 aliphatic carbocycles. The first-order valence-corrected chi connectivity index (χ1v) is 10.1.